The van der Waals surface area contributed by atoms with Crippen LogP contribution in [0.15, 0.2) is 65.6 Å². The summed E-state index contributed by atoms with van der Waals surface area (Å²) in [4.78, 5) is 12.6. The molecule has 1 N–H and O–H groups in total. The summed E-state index contributed by atoms with van der Waals surface area (Å²) in [6, 6.07) is 16.0. The van der Waals surface area contributed by atoms with Crippen LogP contribution in [0.2, 0.25) is 0 Å². The number of rotatable bonds is 21. The summed E-state index contributed by atoms with van der Waals surface area (Å²) in [6.45, 7) is 3.86. The van der Waals surface area contributed by atoms with Gasteiger partial charge in [-0.3, -0.25) is 4.79 Å². The van der Waals surface area contributed by atoms with Gasteiger partial charge in [0.1, 0.15) is 5.75 Å². The summed E-state index contributed by atoms with van der Waals surface area (Å²) in [5.41, 5.74) is 5.09. The van der Waals surface area contributed by atoms with Gasteiger partial charge in [0.25, 0.3) is 0 Å². The van der Waals surface area contributed by atoms with Crippen LogP contribution in [-0.4, -0.2) is 12.5 Å². The molecule has 4 nitrogen and oxygen atoms in total. The number of hydrogen-bond donors (Lipinski definition) is 1. The molecule has 2 aromatic carbocycles. The third kappa shape index (κ3) is 15.0. The smallest absolute Gasteiger partial charge is 0.228 e. The van der Waals surface area contributed by atoms with Crippen molar-refractivity contribution in [3.05, 3.63) is 76.7 Å². The van der Waals surface area contributed by atoms with Gasteiger partial charge < -0.3 is 27.0 Å². The number of nitrogens with one attached hydrogen (secondary N) is 1. The van der Waals surface area contributed by atoms with Crippen LogP contribution in [0.4, 0.5) is 5.69 Å². The Balaban J connectivity index is 0.00000560. The standard InChI is InChI=1S/C34H48N2O2S.BrH/c1-2-3-4-5-6-7-8-9-10-11-12-13-14-15-24-38-33-18-16-17-31(26-33)27-34(37)35-32-21-19-30(20-22-32)28-36-23-25-39-29-36;/h16-23,25-26,29H,2-15,24,27-28H2,1H3;1H. The van der Waals surface area contributed by atoms with Crippen molar-refractivity contribution in [2.45, 2.75) is 110 Å². The quantitative estimate of drug-likeness (QED) is 0.114. The van der Waals surface area contributed by atoms with E-state index in [0.717, 1.165) is 36.6 Å². The lowest BCUT2D eigenvalue weighted by atomic mass is 10.0. The van der Waals surface area contributed by atoms with Crippen molar-refractivity contribution in [3.8, 4) is 5.75 Å². The number of carbonyl (C=O) groups is 1. The van der Waals surface area contributed by atoms with Gasteiger partial charge in [-0.2, -0.15) is 4.57 Å². The third-order valence-electron chi connectivity index (χ3n) is 7.16. The second-order valence-electron chi connectivity index (χ2n) is 10.7. The number of unbranched alkanes of at least 4 members (excludes halogenated alkanes) is 13. The van der Waals surface area contributed by atoms with E-state index in [-0.39, 0.29) is 22.9 Å². The van der Waals surface area contributed by atoms with Crippen LogP contribution in [-0.2, 0) is 17.8 Å². The first kappa shape index (κ1) is 34.0. The molecule has 0 aliphatic rings. The van der Waals surface area contributed by atoms with Crippen molar-refractivity contribution >= 4 is 22.9 Å². The van der Waals surface area contributed by atoms with E-state index in [0.29, 0.717) is 6.42 Å². The summed E-state index contributed by atoms with van der Waals surface area (Å²) < 4.78 is 8.12. The van der Waals surface area contributed by atoms with Gasteiger partial charge in [0.2, 0.25) is 11.4 Å². The highest BCUT2D eigenvalue weighted by Crippen LogP contribution is 2.17. The number of ether oxygens (including phenoxy) is 1. The molecule has 0 aliphatic heterocycles. The summed E-state index contributed by atoms with van der Waals surface area (Å²) in [6.07, 6.45) is 21.4. The van der Waals surface area contributed by atoms with Crippen LogP contribution in [0.25, 0.3) is 0 Å². The van der Waals surface area contributed by atoms with Gasteiger partial charge in [-0.05, 0) is 36.2 Å². The fourth-order valence-electron chi connectivity index (χ4n) is 4.88. The fourth-order valence-corrected chi connectivity index (χ4v) is 5.48. The lowest BCUT2D eigenvalue weighted by molar-refractivity contribution is -0.683. The molecule has 0 atom stereocenters. The first-order chi connectivity index (χ1) is 19.2. The van der Waals surface area contributed by atoms with E-state index in [9.17, 15) is 4.79 Å². The largest absolute Gasteiger partial charge is 1.00 e. The van der Waals surface area contributed by atoms with Gasteiger partial charge in [-0.25, -0.2) is 0 Å². The summed E-state index contributed by atoms with van der Waals surface area (Å²) >= 11 is 1.68. The Kier molecular flexibility index (Phi) is 18.3. The molecule has 0 fully saturated rings. The summed E-state index contributed by atoms with van der Waals surface area (Å²) in [7, 11) is 0. The van der Waals surface area contributed by atoms with Gasteiger partial charge in [0, 0.05) is 11.3 Å². The maximum Gasteiger partial charge on any atom is 0.228 e. The van der Waals surface area contributed by atoms with E-state index < -0.39 is 0 Å². The molecule has 0 unspecified atom stereocenters. The fraction of sp³-hybridized carbons (Fsp3) is 0.529. The van der Waals surface area contributed by atoms with E-state index in [1.54, 1.807) is 11.3 Å². The first-order valence-corrected chi connectivity index (χ1v) is 16.2. The number of carbonyl (C=O) groups excluding carboxylic acids is 1. The molecule has 3 aromatic rings. The van der Waals surface area contributed by atoms with Crippen LogP contribution in [0, 0.1) is 0 Å². The van der Waals surface area contributed by atoms with Gasteiger partial charge >= 0.3 is 0 Å². The molecule has 0 spiro atoms. The van der Waals surface area contributed by atoms with Gasteiger partial charge in [-0.1, -0.05) is 126 Å². The number of anilines is 1. The predicted molar refractivity (Wildman–Crippen MR) is 165 cm³/mol. The van der Waals surface area contributed by atoms with Crippen molar-refractivity contribution in [1.82, 2.24) is 0 Å². The van der Waals surface area contributed by atoms with Crippen molar-refractivity contribution in [2.75, 3.05) is 11.9 Å². The topological polar surface area (TPSA) is 42.2 Å². The first-order valence-electron chi connectivity index (χ1n) is 15.2. The minimum absolute atomic E-state index is 0. The Hall–Kier alpha value is -2.18. The number of amides is 1. The Bertz CT molecular complexity index is 1040. The van der Waals surface area contributed by atoms with Crippen molar-refractivity contribution < 1.29 is 31.1 Å². The van der Waals surface area contributed by atoms with Crippen LogP contribution in [0.3, 0.4) is 0 Å². The van der Waals surface area contributed by atoms with Crippen LogP contribution < -0.4 is 31.6 Å². The highest BCUT2D eigenvalue weighted by atomic mass is 79.9. The number of hydrogen-bond acceptors (Lipinski definition) is 3. The lowest BCUT2D eigenvalue weighted by Crippen LogP contribution is -3.00. The molecule has 220 valence electrons. The number of thiazole rings is 1. The second kappa shape index (κ2) is 21.6. The molecule has 0 bridgehead atoms. The van der Waals surface area contributed by atoms with E-state index in [1.165, 1.54) is 89.0 Å². The molecule has 0 saturated carbocycles. The SMILES string of the molecule is CCCCCCCCCCCCCCCCOc1cccc(CC(=O)Nc2ccc(C[n+]3ccsc3)cc2)c1.[Br-]. The average molecular weight is 630 g/mol. The highest BCUT2D eigenvalue weighted by Gasteiger charge is 2.07. The minimum atomic E-state index is -0.0147. The molecule has 1 aromatic heterocycles. The highest BCUT2D eigenvalue weighted by molar-refractivity contribution is 7.07. The van der Waals surface area contributed by atoms with Gasteiger partial charge in [-0.15, -0.1) is 0 Å². The molecule has 0 radical (unpaired) electrons. The van der Waals surface area contributed by atoms with Crippen LogP contribution in [0.1, 0.15) is 108 Å². The van der Waals surface area contributed by atoms with Crippen molar-refractivity contribution in [1.29, 1.82) is 0 Å². The number of nitrogens with zero attached hydrogens (tertiary/aromatic N) is 1. The molecule has 1 heterocycles. The summed E-state index contributed by atoms with van der Waals surface area (Å²) in [5.74, 6) is 0.837. The van der Waals surface area contributed by atoms with E-state index in [2.05, 4.69) is 46.0 Å². The lowest BCUT2D eigenvalue weighted by Gasteiger charge is -2.09. The summed E-state index contributed by atoms with van der Waals surface area (Å²) in [5, 5.41) is 5.08. The number of benzene rings is 2. The molecular formula is C34H49BrN2O2S. The number of aromatic nitrogens is 1. The predicted octanol–water partition coefficient (Wildman–Crippen LogP) is 6.13. The number of halogens is 1. The zero-order valence-corrected chi connectivity index (χ0v) is 26.8. The van der Waals surface area contributed by atoms with Gasteiger partial charge in [0.15, 0.2) is 12.7 Å². The zero-order valence-electron chi connectivity index (χ0n) is 24.4. The maximum atomic E-state index is 12.6. The van der Waals surface area contributed by atoms with Crippen molar-refractivity contribution in [2.24, 2.45) is 0 Å². The van der Waals surface area contributed by atoms with E-state index in [4.69, 9.17) is 4.74 Å². The molecule has 1 amide bonds. The van der Waals surface area contributed by atoms with E-state index in [1.807, 2.05) is 36.4 Å². The van der Waals surface area contributed by atoms with Crippen molar-refractivity contribution in [3.63, 3.8) is 0 Å². The molecule has 40 heavy (non-hydrogen) atoms. The molecule has 0 aliphatic carbocycles. The van der Waals surface area contributed by atoms with E-state index >= 15 is 0 Å². The molecule has 6 heteroatoms. The Morgan fingerprint density at radius 1 is 0.800 bits per heavy atom. The molecular weight excluding hydrogens is 580 g/mol. The average Bonchev–Trinajstić information content (AvgIpc) is 3.45. The minimum Gasteiger partial charge on any atom is -1.00 e. The Morgan fingerprint density at radius 3 is 2.02 bits per heavy atom. The Labute approximate surface area is 257 Å². The van der Waals surface area contributed by atoms with Gasteiger partial charge in [0.05, 0.1) is 18.4 Å². The van der Waals surface area contributed by atoms with Crippen LogP contribution >= 0.6 is 11.3 Å². The Morgan fingerprint density at radius 2 is 1.43 bits per heavy atom. The zero-order chi connectivity index (χ0) is 27.4. The third-order valence-corrected chi connectivity index (χ3v) is 7.83. The molecule has 0 saturated heterocycles. The second-order valence-corrected chi connectivity index (χ2v) is 11.5. The molecule has 3 rings (SSSR count). The normalized spacial score (nSPS) is 10.7. The maximum absolute atomic E-state index is 12.6. The monoisotopic (exact) mass is 628 g/mol. The van der Waals surface area contributed by atoms with Crippen LogP contribution in [0.5, 0.6) is 5.75 Å².